The Labute approximate surface area is 124 Å². The molecular formula is C13H21ClN6. The monoisotopic (exact) mass is 296 g/mol. The standard InChI is InChI=1S/C13H21ClN6/c1-3-15-12-16-11(14)17-13(18-12)20-8-10-5-4-6-19(10)7-9(20)2/h9-10H,3-8H2,1-2H3,(H,15,16,17,18). The van der Waals surface area contributed by atoms with Crippen LogP contribution in [0.2, 0.25) is 5.28 Å². The lowest BCUT2D eigenvalue weighted by molar-refractivity contribution is 0.201. The molecular weight excluding hydrogens is 276 g/mol. The van der Waals surface area contributed by atoms with Crippen molar-refractivity contribution >= 4 is 23.5 Å². The van der Waals surface area contributed by atoms with E-state index in [2.05, 4.69) is 37.0 Å². The molecule has 6 nitrogen and oxygen atoms in total. The molecule has 2 aliphatic heterocycles. The first-order valence-electron chi connectivity index (χ1n) is 7.33. The van der Waals surface area contributed by atoms with Gasteiger partial charge >= 0.3 is 0 Å². The van der Waals surface area contributed by atoms with Crippen LogP contribution in [0.25, 0.3) is 0 Å². The second-order valence-corrected chi connectivity index (χ2v) is 5.89. The zero-order valence-corrected chi connectivity index (χ0v) is 12.8. The highest BCUT2D eigenvalue weighted by atomic mass is 35.5. The van der Waals surface area contributed by atoms with Crippen molar-refractivity contribution < 1.29 is 0 Å². The van der Waals surface area contributed by atoms with Crippen LogP contribution in [0.4, 0.5) is 11.9 Å². The smallest absolute Gasteiger partial charge is 0.231 e. The number of nitrogens with zero attached hydrogens (tertiary/aromatic N) is 5. The fourth-order valence-electron chi connectivity index (χ4n) is 3.17. The van der Waals surface area contributed by atoms with Crippen molar-refractivity contribution in [2.45, 2.75) is 38.8 Å². The number of halogens is 1. The van der Waals surface area contributed by atoms with Crippen molar-refractivity contribution in [1.82, 2.24) is 19.9 Å². The summed E-state index contributed by atoms with van der Waals surface area (Å²) in [5, 5.41) is 3.36. The van der Waals surface area contributed by atoms with Crippen LogP contribution in [-0.2, 0) is 0 Å². The molecule has 0 spiro atoms. The van der Waals surface area contributed by atoms with E-state index in [1.54, 1.807) is 0 Å². The molecule has 1 aromatic heterocycles. The lowest BCUT2D eigenvalue weighted by Gasteiger charge is -2.42. The summed E-state index contributed by atoms with van der Waals surface area (Å²) < 4.78 is 0. The fourth-order valence-corrected chi connectivity index (χ4v) is 3.33. The van der Waals surface area contributed by atoms with Crippen molar-refractivity contribution in [1.29, 1.82) is 0 Å². The highest BCUT2D eigenvalue weighted by molar-refractivity contribution is 6.28. The van der Waals surface area contributed by atoms with Gasteiger partial charge in [0, 0.05) is 31.7 Å². The largest absolute Gasteiger partial charge is 0.354 e. The number of aromatic nitrogens is 3. The summed E-state index contributed by atoms with van der Waals surface area (Å²) in [4.78, 5) is 17.8. The quantitative estimate of drug-likeness (QED) is 0.915. The molecule has 0 bridgehead atoms. The van der Waals surface area contributed by atoms with Gasteiger partial charge in [-0.1, -0.05) is 0 Å². The molecule has 0 aliphatic carbocycles. The van der Waals surface area contributed by atoms with Gasteiger partial charge in [-0.05, 0) is 44.8 Å². The van der Waals surface area contributed by atoms with Gasteiger partial charge in [0.05, 0.1) is 0 Å². The van der Waals surface area contributed by atoms with E-state index < -0.39 is 0 Å². The van der Waals surface area contributed by atoms with Crippen molar-refractivity contribution in [3.63, 3.8) is 0 Å². The first kappa shape index (κ1) is 13.8. The highest BCUT2D eigenvalue weighted by Gasteiger charge is 2.35. The Hall–Kier alpha value is -1.14. The Kier molecular flexibility index (Phi) is 3.94. The van der Waals surface area contributed by atoms with Crippen LogP contribution in [0, 0.1) is 0 Å². The molecule has 1 N–H and O–H groups in total. The van der Waals surface area contributed by atoms with Gasteiger partial charge in [-0.3, -0.25) is 4.90 Å². The van der Waals surface area contributed by atoms with Crippen LogP contribution in [-0.4, -0.2) is 58.1 Å². The lowest BCUT2D eigenvalue weighted by Crippen LogP contribution is -2.55. The number of nitrogens with one attached hydrogen (secondary N) is 1. The topological polar surface area (TPSA) is 57.2 Å². The number of piperazine rings is 1. The Balaban J connectivity index is 1.84. The summed E-state index contributed by atoms with van der Waals surface area (Å²) in [7, 11) is 0. The molecule has 2 atom stereocenters. The zero-order valence-electron chi connectivity index (χ0n) is 12.0. The van der Waals surface area contributed by atoms with Gasteiger partial charge in [0.25, 0.3) is 0 Å². The van der Waals surface area contributed by atoms with Gasteiger partial charge in [-0.2, -0.15) is 15.0 Å². The summed E-state index contributed by atoms with van der Waals surface area (Å²) in [5.41, 5.74) is 0. The maximum Gasteiger partial charge on any atom is 0.231 e. The molecule has 20 heavy (non-hydrogen) atoms. The van der Waals surface area contributed by atoms with Crippen molar-refractivity contribution in [3.05, 3.63) is 5.28 Å². The minimum Gasteiger partial charge on any atom is -0.354 e. The van der Waals surface area contributed by atoms with E-state index in [1.165, 1.54) is 19.4 Å². The Morgan fingerprint density at radius 1 is 1.30 bits per heavy atom. The third kappa shape index (κ3) is 2.67. The third-order valence-electron chi connectivity index (χ3n) is 4.13. The molecule has 2 fully saturated rings. The first-order chi connectivity index (χ1) is 9.67. The van der Waals surface area contributed by atoms with Crippen molar-refractivity contribution in [2.75, 3.05) is 36.4 Å². The molecule has 3 heterocycles. The maximum absolute atomic E-state index is 6.02. The van der Waals surface area contributed by atoms with E-state index in [0.29, 0.717) is 24.0 Å². The molecule has 2 unspecified atom stereocenters. The molecule has 2 saturated heterocycles. The average molecular weight is 297 g/mol. The third-order valence-corrected chi connectivity index (χ3v) is 4.29. The van der Waals surface area contributed by atoms with Gasteiger partial charge in [-0.15, -0.1) is 0 Å². The summed E-state index contributed by atoms with van der Waals surface area (Å²) in [6.45, 7) is 8.28. The van der Waals surface area contributed by atoms with Gasteiger partial charge < -0.3 is 10.2 Å². The first-order valence-corrected chi connectivity index (χ1v) is 7.71. The lowest BCUT2D eigenvalue weighted by atomic mass is 10.1. The normalized spacial score (nSPS) is 26.6. The van der Waals surface area contributed by atoms with Crippen LogP contribution in [0.15, 0.2) is 0 Å². The Morgan fingerprint density at radius 3 is 2.95 bits per heavy atom. The SMILES string of the molecule is CCNc1nc(Cl)nc(N2CC3CCCN3CC2C)n1. The summed E-state index contributed by atoms with van der Waals surface area (Å²) in [5.74, 6) is 1.25. The van der Waals surface area contributed by atoms with Crippen LogP contribution >= 0.6 is 11.6 Å². The van der Waals surface area contributed by atoms with Gasteiger partial charge in [-0.25, -0.2) is 0 Å². The molecule has 1 aromatic rings. The number of anilines is 2. The minimum absolute atomic E-state index is 0.256. The number of fused-ring (bicyclic) bond motifs is 1. The van der Waals surface area contributed by atoms with Crippen molar-refractivity contribution in [2.24, 2.45) is 0 Å². The second kappa shape index (κ2) is 5.69. The molecule has 0 saturated carbocycles. The van der Waals surface area contributed by atoms with E-state index in [-0.39, 0.29) is 5.28 Å². The molecule has 0 amide bonds. The van der Waals surface area contributed by atoms with E-state index in [1.807, 2.05) is 6.92 Å². The summed E-state index contributed by atoms with van der Waals surface area (Å²) >= 11 is 6.02. The van der Waals surface area contributed by atoms with E-state index >= 15 is 0 Å². The fraction of sp³-hybridized carbons (Fsp3) is 0.769. The minimum atomic E-state index is 0.256. The van der Waals surface area contributed by atoms with Gasteiger partial charge in [0.1, 0.15) is 0 Å². The van der Waals surface area contributed by atoms with Crippen LogP contribution in [0.3, 0.4) is 0 Å². The second-order valence-electron chi connectivity index (χ2n) is 5.55. The van der Waals surface area contributed by atoms with Crippen LogP contribution in [0.1, 0.15) is 26.7 Å². The summed E-state index contributed by atoms with van der Waals surface area (Å²) in [6, 6.07) is 1.03. The number of rotatable bonds is 3. The zero-order chi connectivity index (χ0) is 14.1. The molecule has 3 rings (SSSR count). The van der Waals surface area contributed by atoms with Crippen LogP contribution in [0.5, 0.6) is 0 Å². The molecule has 0 radical (unpaired) electrons. The molecule has 0 aromatic carbocycles. The van der Waals surface area contributed by atoms with E-state index in [9.17, 15) is 0 Å². The van der Waals surface area contributed by atoms with Crippen LogP contribution < -0.4 is 10.2 Å². The van der Waals surface area contributed by atoms with E-state index in [0.717, 1.165) is 19.6 Å². The molecule has 110 valence electrons. The summed E-state index contributed by atoms with van der Waals surface area (Å²) in [6.07, 6.45) is 2.56. The maximum atomic E-state index is 6.02. The average Bonchev–Trinajstić information content (AvgIpc) is 2.84. The molecule has 2 aliphatic rings. The molecule has 7 heteroatoms. The van der Waals surface area contributed by atoms with Crippen molar-refractivity contribution in [3.8, 4) is 0 Å². The number of hydrogen-bond acceptors (Lipinski definition) is 6. The van der Waals surface area contributed by atoms with E-state index in [4.69, 9.17) is 11.6 Å². The Morgan fingerprint density at radius 2 is 2.15 bits per heavy atom. The number of hydrogen-bond donors (Lipinski definition) is 1. The Bertz CT molecular complexity index is 482. The predicted octanol–water partition coefficient (Wildman–Crippen LogP) is 1.63. The van der Waals surface area contributed by atoms with Gasteiger partial charge in [0.2, 0.25) is 17.2 Å². The van der Waals surface area contributed by atoms with Gasteiger partial charge in [0.15, 0.2) is 0 Å². The predicted molar refractivity (Wildman–Crippen MR) is 80.4 cm³/mol. The highest BCUT2D eigenvalue weighted by Crippen LogP contribution is 2.27.